The van der Waals surface area contributed by atoms with E-state index in [1.54, 1.807) is 0 Å². The summed E-state index contributed by atoms with van der Waals surface area (Å²) < 4.78 is 61.1. The molecule has 5 atom stereocenters. The van der Waals surface area contributed by atoms with Crippen molar-refractivity contribution in [3.8, 4) is 0 Å². The molecular formula is C83H144O16P2. The minimum Gasteiger partial charge on any atom is -0.463 e. The lowest BCUT2D eigenvalue weighted by atomic mass is 10.0. The predicted octanol–water partition coefficient (Wildman–Crippen LogP) is 23.3. The van der Waals surface area contributed by atoms with Crippen molar-refractivity contribution < 1.29 is 75.8 Å². The van der Waals surface area contributed by atoms with Gasteiger partial charge in [0.2, 0.25) is 0 Å². The van der Waals surface area contributed by atoms with Crippen LogP contribution in [0.2, 0.25) is 0 Å². The van der Waals surface area contributed by atoms with Crippen molar-refractivity contribution in [1.82, 2.24) is 0 Å². The van der Waals surface area contributed by atoms with Crippen LogP contribution in [0, 0.1) is 0 Å². The average Bonchev–Trinajstić information content (AvgIpc) is 0.947. The maximum Gasteiger partial charge on any atom is 0.472 e. The molecular weight excluding hydrogens is 1310 g/mol. The molecule has 0 spiro atoms. The van der Waals surface area contributed by atoms with E-state index >= 15 is 0 Å². The van der Waals surface area contributed by atoms with Crippen molar-refractivity contribution >= 4 is 33.6 Å². The third-order valence-electron chi connectivity index (χ3n) is 16.6. The van der Waals surface area contributed by atoms with Gasteiger partial charge in [-0.1, -0.05) is 303 Å². The Morgan fingerprint density at radius 1 is 0.287 bits per heavy atom. The number of unbranched alkanes of at least 4 members (excludes halogenated alkanes) is 32. The van der Waals surface area contributed by atoms with E-state index < -0.39 is 91.5 Å². The number of hydrogen-bond acceptors (Lipinski definition) is 14. The van der Waals surface area contributed by atoms with E-state index in [0.29, 0.717) is 19.3 Å². The third-order valence-corrected chi connectivity index (χ3v) is 18.5. The van der Waals surface area contributed by atoms with Gasteiger partial charge in [-0.25, -0.2) is 9.13 Å². The summed E-state index contributed by atoms with van der Waals surface area (Å²) in [6, 6.07) is 0. The van der Waals surface area contributed by atoms with Crippen molar-refractivity contribution in [3.05, 3.63) is 122 Å². The molecule has 0 bridgehead atoms. The first-order chi connectivity index (χ1) is 49.2. The topological polar surface area (TPSA) is 231 Å². The summed E-state index contributed by atoms with van der Waals surface area (Å²) in [5, 5.41) is 20.6. The van der Waals surface area contributed by atoms with Gasteiger partial charge in [-0.15, -0.1) is 0 Å². The first kappa shape index (κ1) is 97.0. The minimum atomic E-state index is -4.93. The lowest BCUT2D eigenvalue weighted by Gasteiger charge is -2.21. The van der Waals surface area contributed by atoms with Crippen LogP contribution < -0.4 is 0 Å². The van der Waals surface area contributed by atoms with Crippen LogP contribution in [0.4, 0.5) is 0 Å². The van der Waals surface area contributed by atoms with Crippen LogP contribution in [-0.4, -0.2) is 95.9 Å². The highest BCUT2D eigenvalue weighted by atomic mass is 31.2. The normalized spacial score (nSPS) is 14.6. The van der Waals surface area contributed by atoms with E-state index in [9.17, 15) is 43.5 Å². The molecule has 0 saturated carbocycles. The van der Waals surface area contributed by atoms with Gasteiger partial charge in [0, 0.05) is 19.3 Å². The summed E-state index contributed by atoms with van der Waals surface area (Å²) in [6.07, 6.45) is 89.7. The maximum absolute atomic E-state index is 12.9. The van der Waals surface area contributed by atoms with E-state index in [1.807, 2.05) is 0 Å². The van der Waals surface area contributed by atoms with E-state index in [-0.39, 0.29) is 19.3 Å². The van der Waals surface area contributed by atoms with Crippen LogP contribution in [0.1, 0.15) is 329 Å². The molecule has 0 rings (SSSR count). The average molecular weight is 1460 g/mol. The molecule has 0 aromatic rings. The van der Waals surface area contributed by atoms with Crippen molar-refractivity contribution in [1.29, 1.82) is 0 Å². The van der Waals surface area contributed by atoms with Crippen molar-refractivity contribution in [2.24, 2.45) is 0 Å². The maximum atomic E-state index is 12.9. The van der Waals surface area contributed by atoms with Gasteiger partial charge in [-0.05, 0) is 128 Å². The fourth-order valence-corrected chi connectivity index (χ4v) is 12.1. The molecule has 0 fully saturated rings. The second kappa shape index (κ2) is 75.6. The first-order valence-corrected chi connectivity index (χ1v) is 42.8. The van der Waals surface area contributed by atoms with Gasteiger partial charge in [0.15, 0.2) is 6.10 Å². The Morgan fingerprint density at radius 2 is 0.535 bits per heavy atom. The Balaban J connectivity index is 4.46. The van der Waals surface area contributed by atoms with Gasteiger partial charge in [-0.2, -0.15) is 0 Å². The number of esters is 3. The Kier molecular flexibility index (Phi) is 72.6. The van der Waals surface area contributed by atoms with E-state index in [1.165, 1.54) is 122 Å². The fourth-order valence-electron chi connectivity index (χ4n) is 10.6. The third kappa shape index (κ3) is 76.9. The Morgan fingerprint density at radius 3 is 0.871 bits per heavy atom. The number of allylic oxidation sites excluding steroid dienone is 20. The van der Waals surface area contributed by atoms with Gasteiger partial charge in [0.1, 0.15) is 25.4 Å². The highest BCUT2D eigenvalue weighted by Crippen LogP contribution is 2.45. The lowest BCUT2D eigenvalue weighted by molar-refractivity contribution is -0.161. The molecule has 0 aliphatic carbocycles. The molecule has 582 valence electrons. The summed E-state index contributed by atoms with van der Waals surface area (Å²) in [7, 11) is -9.79. The molecule has 0 saturated heterocycles. The Bertz CT molecular complexity index is 2320. The predicted molar refractivity (Wildman–Crippen MR) is 417 cm³/mol. The molecule has 4 N–H and O–H groups in total. The van der Waals surface area contributed by atoms with Gasteiger partial charge in [0.05, 0.1) is 26.4 Å². The summed E-state index contributed by atoms with van der Waals surface area (Å²) >= 11 is 0. The summed E-state index contributed by atoms with van der Waals surface area (Å²) in [5.74, 6) is -1.59. The quantitative estimate of drug-likeness (QED) is 0.0146. The zero-order chi connectivity index (χ0) is 73.7. The molecule has 0 heterocycles. The zero-order valence-electron chi connectivity index (χ0n) is 63.5. The standard InChI is InChI=1S/C83H144O16P2/c1-4-7-10-13-16-19-22-24-26-28-30-32-34-36-38-40-42-44-46-48-50-52-55-57-60-63-66-69-81(86)93-72-78(84)73-95-100(89,90)96-74-79(85)75-97-101(91,92)98-77-80(99-83(88)71-68-65-62-59-54-21-18-15-12-9-6-3)76-94-82(87)70-67-64-61-58-56-53-51-49-47-45-43-41-39-37-35-33-31-29-27-25-23-20-17-14-11-8-5-2/h7,10,15-20,24-27,30-33,36-39,78-80,84-85H,4-6,8-9,11-14,21-23,28-29,34-35,40-77H2,1-3H3,(H,89,90)(H,91,92)/b10-7-,18-15-,19-16-,20-17-,26-24-,27-25-,32-30-,33-31-,38-36-,39-37-. The number of phosphoric ester groups is 2. The van der Waals surface area contributed by atoms with Gasteiger partial charge in [-0.3, -0.25) is 32.5 Å². The van der Waals surface area contributed by atoms with Crippen LogP contribution in [0.25, 0.3) is 0 Å². The summed E-state index contributed by atoms with van der Waals surface area (Å²) in [4.78, 5) is 58.6. The molecule has 0 amide bonds. The zero-order valence-corrected chi connectivity index (χ0v) is 65.3. The van der Waals surface area contributed by atoms with Gasteiger partial charge >= 0.3 is 33.6 Å². The molecule has 5 unspecified atom stereocenters. The number of carbonyl (C=O) groups is 3. The van der Waals surface area contributed by atoms with Crippen LogP contribution in [0.5, 0.6) is 0 Å². The highest BCUT2D eigenvalue weighted by molar-refractivity contribution is 7.47. The number of hydrogen-bond donors (Lipinski definition) is 4. The smallest absolute Gasteiger partial charge is 0.463 e. The van der Waals surface area contributed by atoms with E-state index in [4.69, 9.17) is 32.3 Å². The Labute approximate surface area is 614 Å². The Hall–Kier alpha value is -4.05. The summed E-state index contributed by atoms with van der Waals surface area (Å²) in [6.45, 7) is 2.50. The number of aliphatic hydroxyl groups is 2. The SMILES string of the molecule is CC/C=C\C/C=C\C/C=C\C/C=C\C/C=C\CCCCCCCCCCCCCC(=O)OCC(O)COP(=O)(O)OCC(O)COP(=O)(O)OCC(COC(=O)CCCCCCCCCCCCC/C=C\C/C=C\C/C=C\C/C=C\CCCCC)OC(=O)CCCCCCC/C=C\CCCC. The second-order valence-electron chi connectivity index (χ2n) is 26.5. The highest BCUT2D eigenvalue weighted by Gasteiger charge is 2.29. The van der Waals surface area contributed by atoms with Crippen molar-refractivity contribution in [2.45, 2.75) is 347 Å². The first-order valence-electron chi connectivity index (χ1n) is 39.8. The van der Waals surface area contributed by atoms with Gasteiger partial charge in [0.25, 0.3) is 0 Å². The molecule has 0 aliphatic heterocycles. The molecule has 0 aromatic heterocycles. The van der Waals surface area contributed by atoms with Crippen LogP contribution in [0.3, 0.4) is 0 Å². The molecule has 0 aliphatic rings. The molecule has 0 radical (unpaired) electrons. The van der Waals surface area contributed by atoms with Crippen molar-refractivity contribution in [2.75, 3.05) is 39.6 Å². The second-order valence-corrected chi connectivity index (χ2v) is 29.4. The van der Waals surface area contributed by atoms with Crippen molar-refractivity contribution in [3.63, 3.8) is 0 Å². The lowest BCUT2D eigenvalue weighted by Crippen LogP contribution is -2.30. The monoisotopic (exact) mass is 1460 g/mol. The largest absolute Gasteiger partial charge is 0.472 e. The number of phosphoric acid groups is 2. The van der Waals surface area contributed by atoms with Crippen LogP contribution in [0.15, 0.2) is 122 Å². The van der Waals surface area contributed by atoms with E-state index in [0.717, 1.165) is 148 Å². The molecule has 16 nitrogen and oxygen atoms in total. The fraction of sp³-hybridized carbons (Fsp3) is 0.723. The van der Waals surface area contributed by atoms with Crippen LogP contribution >= 0.6 is 15.6 Å². The van der Waals surface area contributed by atoms with Crippen LogP contribution in [-0.2, 0) is 55.8 Å². The molecule has 101 heavy (non-hydrogen) atoms. The number of rotatable bonds is 75. The number of ether oxygens (including phenoxy) is 3. The van der Waals surface area contributed by atoms with Gasteiger partial charge < -0.3 is 34.2 Å². The number of carbonyl (C=O) groups excluding carboxylic acids is 3. The summed E-state index contributed by atoms with van der Waals surface area (Å²) in [5.41, 5.74) is 0. The molecule has 18 heteroatoms. The molecule has 0 aromatic carbocycles. The minimum absolute atomic E-state index is 0.0927. The number of aliphatic hydroxyl groups excluding tert-OH is 2. The van der Waals surface area contributed by atoms with E-state index in [2.05, 4.69) is 142 Å².